The Kier molecular flexibility index (Phi) is 9.23. The molecule has 0 spiro atoms. The van der Waals surface area contributed by atoms with Crippen LogP contribution in [0.5, 0.6) is 0 Å². The minimum absolute atomic E-state index is 0.0948. The molecule has 0 aliphatic carbocycles. The van der Waals surface area contributed by atoms with Crippen molar-refractivity contribution in [2.45, 2.75) is 76.6 Å². The molecular weight excluding hydrogens is 367 g/mol. The van der Waals surface area contributed by atoms with Crippen molar-refractivity contribution >= 4 is 23.5 Å². The number of carbonyl (C=O) groups excluding carboxylic acids is 4. The summed E-state index contributed by atoms with van der Waals surface area (Å²) in [4.78, 5) is 45.6. The number of rotatable bonds is 11. The molecule has 2 atom stereocenters. The van der Waals surface area contributed by atoms with Gasteiger partial charge in [-0.05, 0) is 32.1 Å². The maximum Gasteiger partial charge on any atom is 0.449 e. The summed E-state index contributed by atoms with van der Waals surface area (Å²) in [6.45, 7) is 1.93. The van der Waals surface area contributed by atoms with Crippen LogP contribution in [0.3, 0.4) is 0 Å². The fourth-order valence-electron chi connectivity index (χ4n) is 2.77. The van der Waals surface area contributed by atoms with Gasteiger partial charge in [0.15, 0.2) is 0 Å². The second kappa shape index (κ2) is 10.9. The number of alkyl halides is 3. The second-order valence-corrected chi connectivity index (χ2v) is 6.62. The zero-order valence-electron chi connectivity index (χ0n) is 15.3. The monoisotopic (exact) mass is 393 g/mol. The predicted octanol–water partition coefficient (Wildman–Crippen LogP) is 1.36. The molecule has 0 bridgehead atoms. The number of nitrogens with one attached hydrogen (secondary N) is 3. The Morgan fingerprint density at radius 1 is 0.926 bits per heavy atom. The van der Waals surface area contributed by atoms with Crippen molar-refractivity contribution in [3.63, 3.8) is 0 Å². The second-order valence-electron chi connectivity index (χ2n) is 6.62. The number of hydrogen-bond donors (Lipinski definition) is 3. The van der Waals surface area contributed by atoms with E-state index in [0.29, 0.717) is 45.1 Å². The molecule has 1 fully saturated rings. The standard InChI is InChI=1S/C17H26F3N3O4/c1-11(24)21-10-6-5-8-13-16(27)22-12(15(26)23-13)7-3-2-4-9-14(25)17(18,19)20/h12-13H,2-10H2,1H3,(H,21,24)(H,22,27)(H,23,26). The van der Waals surface area contributed by atoms with E-state index in [9.17, 15) is 32.3 Å². The Hall–Kier alpha value is -2.13. The summed E-state index contributed by atoms with van der Waals surface area (Å²) in [5.74, 6) is -2.46. The summed E-state index contributed by atoms with van der Waals surface area (Å²) >= 11 is 0. The fourth-order valence-corrected chi connectivity index (χ4v) is 2.77. The molecule has 2 unspecified atom stereocenters. The van der Waals surface area contributed by atoms with Crippen LogP contribution in [-0.4, -0.2) is 48.3 Å². The molecule has 1 saturated heterocycles. The van der Waals surface area contributed by atoms with E-state index in [1.165, 1.54) is 6.92 Å². The van der Waals surface area contributed by atoms with E-state index in [-0.39, 0.29) is 24.1 Å². The van der Waals surface area contributed by atoms with Crippen LogP contribution >= 0.6 is 0 Å². The molecule has 0 aromatic carbocycles. The van der Waals surface area contributed by atoms with Crippen LogP contribution in [0.2, 0.25) is 0 Å². The van der Waals surface area contributed by atoms with E-state index in [2.05, 4.69) is 16.0 Å². The third-order valence-corrected chi connectivity index (χ3v) is 4.27. The lowest BCUT2D eigenvalue weighted by molar-refractivity contribution is -0.171. The molecule has 0 saturated carbocycles. The molecule has 3 N–H and O–H groups in total. The third kappa shape index (κ3) is 8.87. The van der Waals surface area contributed by atoms with E-state index in [1.54, 1.807) is 0 Å². The lowest BCUT2D eigenvalue weighted by atomic mass is 10.0. The van der Waals surface area contributed by atoms with E-state index in [0.717, 1.165) is 0 Å². The van der Waals surface area contributed by atoms with E-state index in [1.807, 2.05) is 0 Å². The van der Waals surface area contributed by atoms with Gasteiger partial charge in [-0.3, -0.25) is 19.2 Å². The fraction of sp³-hybridized carbons (Fsp3) is 0.765. The van der Waals surface area contributed by atoms with Crippen LogP contribution in [0.25, 0.3) is 0 Å². The van der Waals surface area contributed by atoms with E-state index in [4.69, 9.17) is 0 Å². The van der Waals surface area contributed by atoms with Crippen molar-refractivity contribution in [1.82, 2.24) is 16.0 Å². The summed E-state index contributed by atoms with van der Waals surface area (Å²) < 4.78 is 36.2. The van der Waals surface area contributed by atoms with Crippen LogP contribution in [0.1, 0.15) is 58.3 Å². The van der Waals surface area contributed by atoms with Crippen molar-refractivity contribution in [2.75, 3.05) is 6.54 Å². The Bertz CT molecular complexity index is 552. The summed E-state index contributed by atoms with van der Waals surface area (Å²) in [6.07, 6.45) is -2.33. The highest BCUT2D eigenvalue weighted by Crippen LogP contribution is 2.20. The largest absolute Gasteiger partial charge is 0.449 e. The highest BCUT2D eigenvalue weighted by Gasteiger charge is 2.37. The van der Waals surface area contributed by atoms with Gasteiger partial charge in [-0.1, -0.05) is 12.8 Å². The highest BCUT2D eigenvalue weighted by molar-refractivity contribution is 5.96. The first-order chi connectivity index (χ1) is 12.6. The number of amides is 3. The Morgan fingerprint density at radius 3 is 1.93 bits per heavy atom. The maximum atomic E-state index is 12.1. The van der Waals surface area contributed by atoms with Gasteiger partial charge in [0.2, 0.25) is 23.5 Å². The average Bonchev–Trinajstić information content (AvgIpc) is 2.56. The van der Waals surface area contributed by atoms with Gasteiger partial charge in [0.1, 0.15) is 12.1 Å². The van der Waals surface area contributed by atoms with Gasteiger partial charge in [-0.15, -0.1) is 0 Å². The molecule has 1 rings (SSSR count). The topological polar surface area (TPSA) is 104 Å². The summed E-state index contributed by atoms with van der Waals surface area (Å²) in [5.41, 5.74) is 0. The molecule has 1 heterocycles. The Labute approximate surface area is 155 Å². The van der Waals surface area contributed by atoms with Crippen molar-refractivity contribution in [3.8, 4) is 0 Å². The molecule has 10 heteroatoms. The van der Waals surface area contributed by atoms with Crippen LogP contribution in [0.15, 0.2) is 0 Å². The number of unbranched alkanes of at least 4 members (excludes halogenated alkanes) is 3. The summed E-state index contributed by atoms with van der Waals surface area (Å²) in [6, 6.07) is -1.32. The van der Waals surface area contributed by atoms with Crippen molar-refractivity contribution in [2.24, 2.45) is 0 Å². The van der Waals surface area contributed by atoms with Crippen molar-refractivity contribution in [3.05, 3.63) is 0 Å². The number of halogens is 3. The van der Waals surface area contributed by atoms with Crippen LogP contribution in [0, 0.1) is 0 Å². The molecule has 7 nitrogen and oxygen atoms in total. The number of piperazine rings is 1. The minimum Gasteiger partial charge on any atom is -0.356 e. The molecule has 0 aromatic heterocycles. The first-order valence-electron chi connectivity index (χ1n) is 9.06. The quantitative estimate of drug-likeness (QED) is 0.461. The van der Waals surface area contributed by atoms with Gasteiger partial charge >= 0.3 is 6.18 Å². The SMILES string of the molecule is CC(=O)NCCCCC1NC(=O)C(CCCCCC(=O)C(F)(F)F)NC1=O. The van der Waals surface area contributed by atoms with Gasteiger partial charge in [0, 0.05) is 19.9 Å². The van der Waals surface area contributed by atoms with Crippen LogP contribution in [0.4, 0.5) is 13.2 Å². The average molecular weight is 393 g/mol. The van der Waals surface area contributed by atoms with Crippen LogP contribution < -0.4 is 16.0 Å². The van der Waals surface area contributed by atoms with E-state index < -0.39 is 30.5 Å². The predicted molar refractivity (Wildman–Crippen MR) is 90.5 cm³/mol. The van der Waals surface area contributed by atoms with Crippen molar-refractivity contribution < 1.29 is 32.3 Å². The molecule has 0 radical (unpaired) electrons. The zero-order valence-corrected chi connectivity index (χ0v) is 15.3. The first kappa shape index (κ1) is 22.9. The van der Waals surface area contributed by atoms with Gasteiger partial charge in [0.25, 0.3) is 0 Å². The number of hydrogen-bond acceptors (Lipinski definition) is 4. The Morgan fingerprint density at radius 2 is 1.44 bits per heavy atom. The van der Waals surface area contributed by atoms with Gasteiger partial charge < -0.3 is 16.0 Å². The van der Waals surface area contributed by atoms with Gasteiger partial charge in [0.05, 0.1) is 0 Å². The molecule has 3 amide bonds. The highest BCUT2D eigenvalue weighted by atomic mass is 19.4. The van der Waals surface area contributed by atoms with Gasteiger partial charge in [-0.25, -0.2) is 0 Å². The molecule has 0 aromatic rings. The Balaban J connectivity index is 2.21. The number of carbonyl (C=O) groups is 4. The maximum absolute atomic E-state index is 12.1. The molecule has 1 aliphatic rings. The zero-order chi connectivity index (χ0) is 20.4. The van der Waals surface area contributed by atoms with Crippen LogP contribution in [-0.2, 0) is 19.2 Å². The van der Waals surface area contributed by atoms with E-state index >= 15 is 0 Å². The lowest BCUT2D eigenvalue weighted by Gasteiger charge is -2.29. The molecular formula is C17H26F3N3O4. The lowest BCUT2D eigenvalue weighted by Crippen LogP contribution is -2.61. The third-order valence-electron chi connectivity index (χ3n) is 4.27. The first-order valence-corrected chi connectivity index (χ1v) is 9.06. The van der Waals surface area contributed by atoms with Crippen molar-refractivity contribution in [1.29, 1.82) is 0 Å². The number of Topliss-reactive ketones (excluding diaryl/α,β-unsaturated/α-hetero) is 1. The minimum atomic E-state index is -4.80. The number of ketones is 1. The molecule has 27 heavy (non-hydrogen) atoms. The smallest absolute Gasteiger partial charge is 0.356 e. The molecule has 154 valence electrons. The normalized spacial score (nSPS) is 20.0. The summed E-state index contributed by atoms with van der Waals surface area (Å²) in [5, 5.41) is 7.93. The summed E-state index contributed by atoms with van der Waals surface area (Å²) in [7, 11) is 0. The van der Waals surface area contributed by atoms with Gasteiger partial charge in [-0.2, -0.15) is 13.2 Å². The molecule has 1 aliphatic heterocycles.